The van der Waals surface area contributed by atoms with Gasteiger partial charge in [0.1, 0.15) is 11.6 Å². The molecule has 0 radical (unpaired) electrons. The number of hydrogen-bond acceptors (Lipinski definition) is 6. The number of aliphatic carboxylic acids is 1. The number of likely N-dealkylation sites (tertiary alicyclic amines) is 1. The summed E-state index contributed by atoms with van der Waals surface area (Å²) in [4.78, 5) is 38.6. The molecule has 2 aromatic carbocycles. The molecule has 6 rings (SSSR count). The summed E-state index contributed by atoms with van der Waals surface area (Å²) >= 11 is 0. The first-order chi connectivity index (χ1) is 22.2. The van der Waals surface area contributed by atoms with Gasteiger partial charge in [0, 0.05) is 81.1 Å². The number of carboxylic acid groups (broad SMARTS) is 1. The molecule has 4 heterocycles. The number of piperidine rings is 1. The van der Waals surface area contributed by atoms with E-state index in [2.05, 4.69) is 37.2 Å². The highest BCUT2D eigenvalue weighted by Crippen LogP contribution is 2.36. The molecule has 0 saturated carbocycles. The Morgan fingerprint density at radius 3 is 2.57 bits per heavy atom. The van der Waals surface area contributed by atoms with E-state index in [4.69, 9.17) is 0 Å². The Morgan fingerprint density at radius 2 is 1.83 bits per heavy atom. The summed E-state index contributed by atoms with van der Waals surface area (Å²) in [6.45, 7) is 5.29. The smallest absolute Gasteiger partial charge is 0.306 e. The highest BCUT2D eigenvalue weighted by Gasteiger charge is 2.40. The maximum Gasteiger partial charge on any atom is 0.306 e. The molecular formula is C35H38F2N6O3. The second kappa shape index (κ2) is 13.8. The summed E-state index contributed by atoms with van der Waals surface area (Å²) in [7, 11) is 0. The molecule has 2 atom stereocenters. The number of nitrogens with zero attached hydrogens (tertiary/aromatic N) is 5. The van der Waals surface area contributed by atoms with Crippen LogP contribution in [0.5, 0.6) is 0 Å². The number of benzene rings is 2. The summed E-state index contributed by atoms with van der Waals surface area (Å²) in [6, 6.07) is 15.5. The normalized spacial score (nSPS) is 19.0. The standard InChI is InChI=1S/C35H38F2N6O3/c1-23-5-6-25(32(18-23)42-15-9-24(10-16-42)34(45)46)20-43-17-13-39-35(43)40-33(44)30-22-41(14-11-27-4-2-3-12-38-27)21-29(30)28-8-7-26(36)19-31(28)37/h2-8,12-13,17-19,24,29-30H,9-11,14-16,20-22H2,1H3,(H,45,46)(H,39,40,44)/t29-,30+/m0/s1. The van der Waals surface area contributed by atoms with Crippen molar-refractivity contribution < 1.29 is 23.5 Å². The Balaban J connectivity index is 1.19. The highest BCUT2D eigenvalue weighted by molar-refractivity contribution is 5.92. The Kier molecular flexibility index (Phi) is 9.39. The molecule has 0 bridgehead atoms. The third-order valence-corrected chi connectivity index (χ3v) is 9.22. The van der Waals surface area contributed by atoms with Crippen molar-refractivity contribution in [3.8, 4) is 0 Å². The maximum atomic E-state index is 15.0. The van der Waals surface area contributed by atoms with E-state index in [0.29, 0.717) is 70.0 Å². The lowest BCUT2D eigenvalue weighted by molar-refractivity contribution is -0.142. The zero-order valence-corrected chi connectivity index (χ0v) is 25.8. The average Bonchev–Trinajstić information content (AvgIpc) is 3.68. The third kappa shape index (κ3) is 7.09. The highest BCUT2D eigenvalue weighted by atomic mass is 19.1. The number of carboxylic acids is 1. The average molecular weight is 629 g/mol. The molecule has 0 spiro atoms. The number of nitrogens with one attached hydrogen (secondary N) is 1. The van der Waals surface area contributed by atoms with Crippen molar-refractivity contribution in [1.29, 1.82) is 0 Å². The van der Waals surface area contributed by atoms with Crippen LogP contribution in [0, 0.1) is 30.4 Å². The summed E-state index contributed by atoms with van der Waals surface area (Å²) in [5.41, 5.74) is 4.43. The van der Waals surface area contributed by atoms with Gasteiger partial charge in [0.2, 0.25) is 11.9 Å². The summed E-state index contributed by atoms with van der Waals surface area (Å²) in [5.74, 6) is -3.33. The third-order valence-electron chi connectivity index (χ3n) is 9.22. The molecule has 46 heavy (non-hydrogen) atoms. The first kappa shape index (κ1) is 31.3. The number of aryl methyl sites for hydroxylation is 1. The number of rotatable bonds is 10. The molecule has 240 valence electrons. The zero-order valence-electron chi connectivity index (χ0n) is 25.8. The minimum atomic E-state index is -0.745. The molecule has 0 unspecified atom stereocenters. The van der Waals surface area contributed by atoms with E-state index in [-0.39, 0.29) is 11.8 Å². The van der Waals surface area contributed by atoms with Crippen LogP contribution in [0.1, 0.15) is 41.1 Å². The number of aromatic nitrogens is 3. The van der Waals surface area contributed by atoms with Crippen LogP contribution in [0.25, 0.3) is 0 Å². The molecule has 2 aliphatic heterocycles. The number of carbonyl (C=O) groups is 2. The van der Waals surface area contributed by atoms with Crippen LogP contribution in [0.15, 0.2) is 73.2 Å². The predicted molar refractivity (Wildman–Crippen MR) is 171 cm³/mol. The van der Waals surface area contributed by atoms with Crippen LogP contribution >= 0.6 is 0 Å². The van der Waals surface area contributed by atoms with Gasteiger partial charge in [-0.2, -0.15) is 0 Å². The molecule has 9 nitrogen and oxygen atoms in total. The Morgan fingerprint density at radius 1 is 1.00 bits per heavy atom. The van der Waals surface area contributed by atoms with Gasteiger partial charge >= 0.3 is 5.97 Å². The number of carbonyl (C=O) groups excluding carboxylic acids is 1. The van der Waals surface area contributed by atoms with Gasteiger partial charge in [-0.3, -0.25) is 19.9 Å². The van der Waals surface area contributed by atoms with E-state index in [1.54, 1.807) is 18.6 Å². The van der Waals surface area contributed by atoms with Crippen molar-refractivity contribution in [2.24, 2.45) is 11.8 Å². The van der Waals surface area contributed by atoms with Gasteiger partial charge in [-0.1, -0.05) is 24.3 Å². The number of anilines is 2. The van der Waals surface area contributed by atoms with Crippen LogP contribution in [-0.4, -0.2) is 69.1 Å². The Hall–Kier alpha value is -4.64. The summed E-state index contributed by atoms with van der Waals surface area (Å²) in [5, 5.41) is 12.4. The molecule has 4 aromatic rings. The van der Waals surface area contributed by atoms with Gasteiger partial charge in [0.05, 0.1) is 18.4 Å². The fourth-order valence-corrected chi connectivity index (χ4v) is 6.69. The van der Waals surface area contributed by atoms with Crippen LogP contribution in [0.2, 0.25) is 0 Å². The Bertz CT molecular complexity index is 1690. The minimum Gasteiger partial charge on any atom is -0.481 e. The van der Waals surface area contributed by atoms with Crippen molar-refractivity contribution in [2.75, 3.05) is 42.9 Å². The molecule has 2 N–H and O–H groups in total. The molecule has 1 amide bonds. The lowest BCUT2D eigenvalue weighted by Gasteiger charge is -2.33. The zero-order chi connectivity index (χ0) is 32.2. The van der Waals surface area contributed by atoms with Gasteiger partial charge in [0.25, 0.3) is 0 Å². The van der Waals surface area contributed by atoms with Crippen LogP contribution < -0.4 is 10.2 Å². The monoisotopic (exact) mass is 628 g/mol. The van der Waals surface area contributed by atoms with E-state index >= 15 is 4.39 Å². The lowest BCUT2D eigenvalue weighted by Crippen LogP contribution is -2.37. The van der Waals surface area contributed by atoms with E-state index < -0.39 is 29.4 Å². The van der Waals surface area contributed by atoms with E-state index in [9.17, 15) is 19.1 Å². The van der Waals surface area contributed by atoms with Crippen molar-refractivity contribution in [3.63, 3.8) is 0 Å². The number of halogens is 2. The molecular weight excluding hydrogens is 590 g/mol. The van der Waals surface area contributed by atoms with Gasteiger partial charge in [-0.25, -0.2) is 13.8 Å². The van der Waals surface area contributed by atoms with Crippen molar-refractivity contribution in [1.82, 2.24) is 19.4 Å². The lowest BCUT2D eigenvalue weighted by atomic mass is 9.88. The van der Waals surface area contributed by atoms with Gasteiger partial charge in [0.15, 0.2) is 0 Å². The first-order valence-electron chi connectivity index (χ1n) is 15.7. The topological polar surface area (TPSA) is 104 Å². The number of pyridine rings is 1. The van der Waals surface area contributed by atoms with Crippen molar-refractivity contribution in [3.05, 3.63) is 107 Å². The molecule has 0 aliphatic carbocycles. The minimum absolute atomic E-state index is 0.276. The fraction of sp³-hybridized carbons (Fsp3) is 0.371. The van der Waals surface area contributed by atoms with Gasteiger partial charge in [-0.15, -0.1) is 0 Å². The maximum absolute atomic E-state index is 15.0. The number of imidazole rings is 1. The van der Waals surface area contributed by atoms with Crippen LogP contribution in [-0.2, 0) is 22.6 Å². The van der Waals surface area contributed by atoms with Crippen LogP contribution in [0.3, 0.4) is 0 Å². The van der Waals surface area contributed by atoms with Crippen LogP contribution in [0.4, 0.5) is 20.4 Å². The van der Waals surface area contributed by atoms with Gasteiger partial charge in [-0.05, 0) is 60.7 Å². The van der Waals surface area contributed by atoms with Gasteiger partial charge < -0.3 is 19.5 Å². The molecule has 2 fully saturated rings. The number of amides is 1. The van der Waals surface area contributed by atoms with E-state index in [0.717, 1.165) is 28.6 Å². The van der Waals surface area contributed by atoms with Crippen molar-refractivity contribution >= 4 is 23.5 Å². The Labute approximate surface area is 266 Å². The van der Waals surface area contributed by atoms with E-state index in [1.807, 2.05) is 35.8 Å². The SMILES string of the molecule is Cc1ccc(Cn2ccnc2NC(=O)[C@@H]2CN(CCc3ccccn3)C[C@H]2c2ccc(F)cc2F)c(N2CCC(C(=O)O)CC2)c1. The number of hydrogen-bond donors (Lipinski definition) is 2. The molecule has 2 saturated heterocycles. The van der Waals surface area contributed by atoms with Crippen molar-refractivity contribution in [2.45, 2.75) is 38.6 Å². The molecule has 11 heteroatoms. The second-order valence-corrected chi connectivity index (χ2v) is 12.3. The summed E-state index contributed by atoms with van der Waals surface area (Å²) < 4.78 is 30.7. The quantitative estimate of drug-likeness (QED) is 0.252. The fourth-order valence-electron chi connectivity index (χ4n) is 6.69. The summed E-state index contributed by atoms with van der Waals surface area (Å²) in [6.07, 6.45) is 7.05. The predicted octanol–water partition coefficient (Wildman–Crippen LogP) is 5.11. The molecule has 2 aromatic heterocycles. The van der Waals surface area contributed by atoms with E-state index in [1.165, 1.54) is 12.1 Å². The second-order valence-electron chi connectivity index (χ2n) is 12.3. The largest absolute Gasteiger partial charge is 0.481 e. The first-order valence-corrected chi connectivity index (χ1v) is 15.7. The molecule has 2 aliphatic rings.